The number of nitrogens with zero attached hydrogens (tertiary/aromatic N) is 3. The number of esters is 1. The van der Waals surface area contributed by atoms with E-state index >= 15 is 0 Å². The molecular formula is C6H7N3O4. The summed E-state index contributed by atoms with van der Waals surface area (Å²) in [6.45, 7) is -0.329. The van der Waals surface area contributed by atoms with Crippen LogP contribution in [0.5, 0.6) is 0 Å². The Balaban J connectivity index is 2.74. The molecule has 0 spiro atoms. The van der Waals surface area contributed by atoms with E-state index in [0.717, 1.165) is 11.0 Å². The number of carboxylic acids is 1. The molecule has 0 aliphatic carbocycles. The van der Waals surface area contributed by atoms with Gasteiger partial charge >= 0.3 is 11.9 Å². The first-order chi connectivity index (χ1) is 6.13. The smallest absolute Gasteiger partial charge is 0.377 e. The van der Waals surface area contributed by atoms with Crippen LogP contribution < -0.4 is 0 Å². The topological polar surface area (TPSA) is 94.3 Å². The fourth-order valence-corrected chi connectivity index (χ4v) is 0.694. The van der Waals surface area contributed by atoms with E-state index in [1.54, 1.807) is 0 Å². The van der Waals surface area contributed by atoms with E-state index in [2.05, 4.69) is 14.8 Å². The van der Waals surface area contributed by atoms with E-state index < -0.39 is 11.9 Å². The van der Waals surface area contributed by atoms with Gasteiger partial charge in [0.2, 0.25) is 0 Å². The summed E-state index contributed by atoms with van der Waals surface area (Å²) in [6.07, 6.45) is 1.15. The maximum atomic E-state index is 10.8. The van der Waals surface area contributed by atoms with Gasteiger partial charge in [-0.05, 0) is 0 Å². The van der Waals surface area contributed by atoms with Gasteiger partial charge in [-0.15, -0.1) is 5.10 Å². The predicted molar refractivity (Wildman–Crippen MR) is 39.0 cm³/mol. The van der Waals surface area contributed by atoms with Crippen molar-refractivity contribution in [3.8, 4) is 0 Å². The number of aromatic nitrogens is 3. The number of methoxy groups -OCH3 is 1. The predicted octanol–water partition coefficient (Wildman–Crippen LogP) is -0.851. The maximum Gasteiger partial charge on any atom is 0.377 e. The van der Waals surface area contributed by atoms with Crippen LogP contribution in [0.1, 0.15) is 10.6 Å². The van der Waals surface area contributed by atoms with Gasteiger partial charge in [-0.3, -0.25) is 4.79 Å². The number of carboxylic acid groups (broad SMARTS) is 1. The minimum absolute atomic E-state index is 0.149. The lowest BCUT2D eigenvalue weighted by Gasteiger charge is -1.92. The zero-order chi connectivity index (χ0) is 9.84. The Hall–Kier alpha value is -1.92. The Bertz CT molecular complexity index is 332. The molecule has 1 N–H and O–H groups in total. The highest BCUT2D eigenvalue weighted by Gasteiger charge is 2.11. The Labute approximate surface area is 72.9 Å². The number of ether oxygens (including phenoxy) is 1. The Kier molecular flexibility index (Phi) is 2.58. The first kappa shape index (κ1) is 9.17. The molecule has 0 bridgehead atoms. The molecule has 0 aromatic carbocycles. The molecule has 0 fully saturated rings. The normalized spacial score (nSPS) is 9.62. The molecule has 0 unspecified atom stereocenters. The second-order valence-electron chi connectivity index (χ2n) is 2.15. The lowest BCUT2D eigenvalue weighted by atomic mass is 10.6. The molecule has 7 heteroatoms. The van der Waals surface area contributed by atoms with Crippen molar-refractivity contribution in [2.45, 2.75) is 6.54 Å². The standard InChI is InChI=1S/C6H7N3O4/c1-13-6(12)5-7-3-9(8-5)2-4(10)11/h3H,2H2,1H3,(H,10,11). The fourth-order valence-electron chi connectivity index (χ4n) is 0.694. The molecule has 1 heterocycles. The number of hydrogen-bond donors (Lipinski definition) is 1. The van der Waals surface area contributed by atoms with Gasteiger partial charge in [0.25, 0.3) is 5.82 Å². The van der Waals surface area contributed by atoms with Crippen LogP contribution in [0.2, 0.25) is 0 Å². The van der Waals surface area contributed by atoms with Gasteiger partial charge < -0.3 is 9.84 Å². The van der Waals surface area contributed by atoms with Gasteiger partial charge in [-0.1, -0.05) is 0 Å². The van der Waals surface area contributed by atoms with Crippen molar-refractivity contribution in [2.24, 2.45) is 0 Å². The molecule has 0 saturated carbocycles. The minimum Gasteiger partial charge on any atom is -0.480 e. The molecule has 1 rings (SSSR count). The third kappa shape index (κ3) is 2.26. The SMILES string of the molecule is COC(=O)c1ncn(CC(=O)O)n1. The summed E-state index contributed by atoms with van der Waals surface area (Å²) >= 11 is 0. The van der Waals surface area contributed by atoms with Gasteiger partial charge in [0.1, 0.15) is 12.9 Å². The third-order valence-electron chi connectivity index (χ3n) is 1.20. The van der Waals surface area contributed by atoms with Crippen LogP contribution in [-0.2, 0) is 16.1 Å². The first-order valence-corrected chi connectivity index (χ1v) is 3.33. The van der Waals surface area contributed by atoms with Crippen molar-refractivity contribution in [2.75, 3.05) is 7.11 Å². The third-order valence-corrected chi connectivity index (χ3v) is 1.20. The van der Waals surface area contributed by atoms with Crippen molar-refractivity contribution in [1.82, 2.24) is 14.8 Å². The molecule has 0 aliphatic rings. The second kappa shape index (κ2) is 3.65. The van der Waals surface area contributed by atoms with Crippen LogP contribution in [0.25, 0.3) is 0 Å². The van der Waals surface area contributed by atoms with E-state index in [-0.39, 0.29) is 12.4 Å². The summed E-state index contributed by atoms with van der Waals surface area (Å²) < 4.78 is 5.37. The molecule has 1 aromatic heterocycles. The Morgan fingerprint density at radius 3 is 2.92 bits per heavy atom. The van der Waals surface area contributed by atoms with Gasteiger partial charge in [0.05, 0.1) is 7.11 Å². The quantitative estimate of drug-likeness (QED) is 0.616. The van der Waals surface area contributed by atoms with E-state index in [4.69, 9.17) is 5.11 Å². The molecular weight excluding hydrogens is 178 g/mol. The van der Waals surface area contributed by atoms with Crippen LogP contribution in [-0.4, -0.2) is 38.9 Å². The summed E-state index contributed by atoms with van der Waals surface area (Å²) in [7, 11) is 1.19. The van der Waals surface area contributed by atoms with E-state index in [1.807, 2.05) is 0 Å². The summed E-state index contributed by atoms with van der Waals surface area (Å²) in [5.74, 6) is -1.89. The zero-order valence-electron chi connectivity index (χ0n) is 6.80. The molecule has 0 amide bonds. The van der Waals surface area contributed by atoms with Gasteiger partial charge in [0, 0.05) is 0 Å². The molecule has 0 radical (unpaired) electrons. The van der Waals surface area contributed by atoms with E-state index in [9.17, 15) is 9.59 Å². The zero-order valence-corrected chi connectivity index (χ0v) is 6.80. The molecule has 0 saturated heterocycles. The highest BCUT2D eigenvalue weighted by Crippen LogP contribution is 1.92. The van der Waals surface area contributed by atoms with Crippen molar-refractivity contribution in [1.29, 1.82) is 0 Å². The summed E-state index contributed by atoms with van der Waals surface area (Å²) in [6, 6.07) is 0. The summed E-state index contributed by atoms with van der Waals surface area (Å²) in [5.41, 5.74) is 0. The lowest BCUT2D eigenvalue weighted by Crippen LogP contribution is -2.11. The Morgan fingerprint density at radius 1 is 1.69 bits per heavy atom. The van der Waals surface area contributed by atoms with E-state index in [1.165, 1.54) is 7.11 Å². The molecule has 1 aromatic rings. The Morgan fingerprint density at radius 2 is 2.38 bits per heavy atom. The number of carbonyl (C=O) groups is 2. The van der Waals surface area contributed by atoms with Crippen LogP contribution in [0, 0.1) is 0 Å². The molecule has 0 atom stereocenters. The van der Waals surface area contributed by atoms with Gasteiger partial charge in [-0.25, -0.2) is 14.5 Å². The first-order valence-electron chi connectivity index (χ1n) is 3.33. The van der Waals surface area contributed by atoms with Crippen LogP contribution in [0.15, 0.2) is 6.33 Å². The highest BCUT2D eigenvalue weighted by molar-refractivity contribution is 5.84. The fraction of sp³-hybridized carbons (Fsp3) is 0.333. The molecule has 13 heavy (non-hydrogen) atoms. The van der Waals surface area contributed by atoms with Crippen LogP contribution >= 0.6 is 0 Å². The van der Waals surface area contributed by atoms with E-state index in [0.29, 0.717) is 0 Å². The number of rotatable bonds is 3. The maximum absolute atomic E-state index is 10.8. The summed E-state index contributed by atoms with van der Waals surface area (Å²) in [4.78, 5) is 24.6. The highest BCUT2D eigenvalue weighted by atomic mass is 16.5. The van der Waals surface area contributed by atoms with Crippen molar-refractivity contribution in [3.05, 3.63) is 12.2 Å². The number of hydrogen-bond acceptors (Lipinski definition) is 5. The lowest BCUT2D eigenvalue weighted by molar-refractivity contribution is -0.137. The van der Waals surface area contributed by atoms with Crippen molar-refractivity contribution in [3.63, 3.8) is 0 Å². The number of aliphatic carboxylic acids is 1. The largest absolute Gasteiger partial charge is 0.480 e. The minimum atomic E-state index is -1.05. The van der Waals surface area contributed by atoms with Crippen molar-refractivity contribution >= 4 is 11.9 Å². The average Bonchev–Trinajstić information content (AvgIpc) is 2.50. The summed E-state index contributed by atoms with van der Waals surface area (Å²) in [5, 5.41) is 11.9. The monoisotopic (exact) mass is 185 g/mol. The average molecular weight is 185 g/mol. The van der Waals surface area contributed by atoms with Crippen LogP contribution in [0.4, 0.5) is 0 Å². The van der Waals surface area contributed by atoms with Gasteiger partial charge in [-0.2, -0.15) is 0 Å². The second-order valence-corrected chi connectivity index (χ2v) is 2.15. The molecule has 7 nitrogen and oxygen atoms in total. The van der Waals surface area contributed by atoms with Crippen LogP contribution in [0.3, 0.4) is 0 Å². The van der Waals surface area contributed by atoms with Gasteiger partial charge in [0.15, 0.2) is 0 Å². The molecule has 70 valence electrons. The molecule has 0 aliphatic heterocycles. The number of carbonyl (C=O) groups excluding carboxylic acids is 1. The van der Waals surface area contributed by atoms with Crippen molar-refractivity contribution < 1.29 is 19.4 Å².